The number of aliphatic hydroxyl groups is 2. The quantitative estimate of drug-likeness (QED) is 0.598. The minimum Gasteiger partial charge on any atom is -0.439 e. The number of carbonyl (C=O) groups is 1. The minimum atomic E-state index is -2.07. The topological polar surface area (TPSA) is 99.9 Å². The van der Waals surface area contributed by atoms with Crippen molar-refractivity contribution in [1.82, 2.24) is 4.98 Å². The minimum absolute atomic E-state index is 0.00308. The molecule has 1 aromatic carbocycles. The maximum absolute atomic E-state index is 14.1. The molecule has 166 valence electrons. The number of nitrogens with zero attached hydrogens (tertiary/aromatic N) is 2. The van der Waals surface area contributed by atoms with Crippen LogP contribution in [0, 0.1) is 5.82 Å². The van der Waals surface area contributed by atoms with Crippen LogP contribution in [0.25, 0.3) is 0 Å². The van der Waals surface area contributed by atoms with Gasteiger partial charge in [-0.05, 0) is 58.7 Å². The highest BCUT2D eigenvalue weighted by Gasteiger charge is 2.22. The van der Waals surface area contributed by atoms with Crippen molar-refractivity contribution < 1.29 is 23.6 Å². The van der Waals surface area contributed by atoms with Crippen LogP contribution in [0.15, 0.2) is 20.7 Å². The number of hydrogen-bond donors (Lipinski definition) is 2. The van der Waals surface area contributed by atoms with E-state index in [1.54, 1.807) is 0 Å². The highest BCUT2D eigenvalue weighted by Crippen LogP contribution is 2.31. The Morgan fingerprint density at radius 2 is 1.77 bits per heavy atom. The van der Waals surface area contributed by atoms with E-state index in [-0.39, 0.29) is 39.0 Å². The van der Waals surface area contributed by atoms with Gasteiger partial charge in [-0.2, -0.15) is 0 Å². The monoisotopic (exact) mass is 455 g/mol. The fourth-order valence-corrected chi connectivity index (χ4v) is 5.15. The fourth-order valence-electron chi connectivity index (χ4n) is 3.07. The van der Waals surface area contributed by atoms with Crippen molar-refractivity contribution in [2.75, 3.05) is 0 Å². The molecule has 0 aliphatic heterocycles. The van der Waals surface area contributed by atoms with Gasteiger partial charge in [-0.25, -0.2) is 9.37 Å². The summed E-state index contributed by atoms with van der Waals surface area (Å²) in [6.07, 6.45) is -0.0986. The van der Waals surface area contributed by atoms with E-state index in [2.05, 4.69) is 9.35 Å². The lowest BCUT2D eigenvalue weighted by molar-refractivity contribution is -0.117. The maximum atomic E-state index is 14.1. The third-order valence-electron chi connectivity index (χ3n) is 4.53. The van der Waals surface area contributed by atoms with Crippen molar-refractivity contribution in [3.05, 3.63) is 45.3 Å². The molecule has 1 amide bonds. The largest absolute Gasteiger partial charge is 0.439 e. The first-order valence-corrected chi connectivity index (χ1v) is 11.6. The normalized spacial score (nSPS) is 13.4. The zero-order valence-electron chi connectivity index (χ0n) is 18.0. The van der Waals surface area contributed by atoms with E-state index in [0.717, 1.165) is 22.5 Å². The van der Waals surface area contributed by atoms with Gasteiger partial charge in [0.15, 0.2) is 0 Å². The second-order valence-electron chi connectivity index (χ2n) is 8.25. The summed E-state index contributed by atoms with van der Waals surface area (Å²) in [5.41, 5.74) is 1.01. The summed E-state index contributed by atoms with van der Waals surface area (Å²) in [7, 11) is -2.07. The van der Waals surface area contributed by atoms with Crippen LogP contribution in [0.3, 0.4) is 0 Å². The van der Waals surface area contributed by atoms with Gasteiger partial charge < -0.3 is 18.8 Å². The Kier molecular flexibility index (Phi) is 7.90. The molecule has 0 fully saturated rings. The zero-order valence-corrected chi connectivity index (χ0v) is 19.7. The van der Waals surface area contributed by atoms with Crippen molar-refractivity contribution in [3.8, 4) is 0 Å². The second kappa shape index (κ2) is 9.64. The molecule has 0 unspecified atom stereocenters. The molecule has 0 aliphatic rings. The van der Waals surface area contributed by atoms with Crippen LogP contribution in [-0.2, 0) is 38.2 Å². The third kappa shape index (κ3) is 5.72. The summed E-state index contributed by atoms with van der Waals surface area (Å²) < 4.78 is 30.7. The van der Waals surface area contributed by atoms with Crippen LogP contribution in [-0.4, -0.2) is 21.1 Å². The molecule has 1 aromatic heterocycles. The Labute approximate surface area is 182 Å². The molecule has 2 aromatic rings. The Bertz CT molecular complexity index is 987. The van der Waals surface area contributed by atoms with Gasteiger partial charge in [0, 0.05) is 0 Å². The van der Waals surface area contributed by atoms with Crippen molar-refractivity contribution in [3.63, 3.8) is 0 Å². The van der Waals surface area contributed by atoms with E-state index in [9.17, 15) is 23.6 Å². The standard InChI is InChI=1S/C21H28FN2O4S2/c1-11(2)14-7-13(22)8-15(12(3)4)16(14)9-18(26)24-30(28)19-17(10-25)23-20(29-19)21(5,6)27/h7-8,11-12,25,27H,9-10H2,1-6H3/q-1. The highest BCUT2D eigenvalue weighted by molar-refractivity contribution is 7.78. The smallest absolute Gasteiger partial charge is 0.227 e. The molecule has 2 rings (SSSR count). The van der Waals surface area contributed by atoms with Crippen LogP contribution in [0.4, 0.5) is 4.39 Å². The molecule has 0 saturated heterocycles. The first-order chi connectivity index (χ1) is 13.8. The van der Waals surface area contributed by atoms with Crippen LogP contribution in [0.2, 0.25) is 0 Å². The Hall–Kier alpha value is -1.68. The van der Waals surface area contributed by atoms with Crippen molar-refractivity contribution in [1.29, 1.82) is 0 Å². The zero-order chi connectivity index (χ0) is 22.8. The third-order valence-corrected chi connectivity index (χ3v) is 7.34. The summed E-state index contributed by atoms with van der Waals surface area (Å²) >= 11 is 0.949. The van der Waals surface area contributed by atoms with Crippen LogP contribution >= 0.6 is 11.3 Å². The van der Waals surface area contributed by atoms with Gasteiger partial charge in [-0.1, -0.05) is 27.7 Å². The van der Waals surface area contributed by atoms with Gasteiger partial charge in [0.25, 0.3) is 0 Å². The molecular formula is C21H28FN2O4S2-. The number of aromatic nitrogens is 1. The average Bonchev–Trinajstić information content (AvgIpc) is 3.07. The average molecular weight is 456 g/mol. The maximum Gasteiger partial charge on any atom is 0.227 e. The lowest BCUT2D eigenvalue weighted by Crippen LogP contribution is -2.14. The summed E-state index contributed by atoms with van der Waals surface area (Å²) in [6.45, 7) is 10.3. The van der Waals surface area contributed by atoms with Gasteiger partial charge in [-0.3, -0.25) is 4.79 Å². The van der Waals surface area contributed by atoms with Gasteiger partial charge in [0.2, 0.25) is 5.91 Å². The van der Waals surface area contributed by atoms with Crippen LogP contribution < -0.4 is 0 Å². The molecule has 30 heavy (non-hydrogen) atoms. The van der Waals surface area contributed by atoms with E-state index in [4.69, 9.17) is 0 Å². The molecule has 6 nitrogen and oxygen atoms in total. The predicted molar refractivity (Wildman–Crippen MR) is 115 cm³/mol. The Morgan fingerprint density at radius 3 is 2.20 bits per heavy atom. The van der Waals surface area contributed by atoms with E-state index in [1.807, 2.05) is 27.7 Å². The van der Waals surface area contributed by atoms with Gasteiger partial charge in [-0.15, -0.1) is 21.9 Å². The summed E-state index contributed by atoms with van der Waals surface area (Å²) in [6, 6.07) is 2.86. The van der Waals surface area contributed by atoms with E-state index in [1.165, 1.54) is 26.0 Å². The first kappa shape index (κ1) is 24.6. The van der Waals surface area contributed by atoms with E-state index in [0.29, 0.717) is 5.56 Å². The summed E-state index contributed by atoms with van der Waals surface area (Å²) in [5, 5.41) is 19.9. The lowest BCUT2D eigenvalue weighted by Gasteiger charge is -2.19. The molecule has 0 atom stereocenters. The molecule has 1 heterocycles. The van der Waals surface area contributed by atoms with Crippen LogP contribution in [0.5, 0.6) is 0 Å². The second-order valence-corrected chi connectivity index (χ2v) is 10.6. The SMILES string of the molecule is CC(C)c1cc(F)cc(C(C)C)c1CC(=O)N=[S-](=O)c1sc(C(C)(C)O)nc1CO. The number of rotatable bonds is 7. The van der Waals surface area contributed by atoms with Crippen LogP contribution in [0.1, 0.15) is 80.8 Å². The lowest BCUT2D eigenvalue weighted by atomic mass is 9.87. The summed E-state index contributed by atoms with van der Waals surface area (Å²) in [5.74, 6) is -0.951. The number of amides is 1. The number of halogens is 1. The van der Waals surface area contributed by atoms with Crippen molar-refractivity contribution in [2.45, 2.75) is 76.2 Å². The van der Waals surface area contributed by atoms with Gasteiger partial charge >= 0.3 is 0 Å². The fraction of sp³-hybridized carbons (Fsp3) is 0.524. The number of carbonyl (C=O) groups excluding carboxylic acids is 1. The van der Waals surface area contributed by atoms with Gasteiger partial charge in [0.05, 0.1) is 18.7 Å². The van der Waals surface area contributed by atoms with E-state index >= 15 is 0 Å². The number of hydrogen-bond acceptors (Lipinski definition) is 7. The number of aliphatic hydroxyl groups excluding tert-OH is 1. The predicted octanol–water partition coefficient (Wildman–Crippen LogP) is 4.52. The number of benzene rings is 1. The van der Waals surface area contributed by atoms with E-state index < -0.39 is 28.7 Å². The molecule has 0 radical (unpaired) electrons. The highest BCUT2D eigenvalue weighted by atomic mass is 32.2. The van der Waals surface area contributed by atoms with Crippen molar-refractivity contribution >= 4 is 27.8 Å². The van der Waals surface area contributed by atoms with Crippen molar-refractivity contribution in [2.24, 2.45) is 4.36 Å². The molecule has 0 aliphatic carbocycles. The van der Waals surface area contributed by atoms with Gasteiger partial charge in [0.1, 0.15) is 16.4 Å². The summed E-state index contributed by atoms with van der Waals surface area (Å²) in [4.78, 5) is 16.8. The molecule has 9 heteroatoms. The molecule has 0 saturated carbocycles. The molecule has 0 spiro atoms. The molecule has 2 N–H and O–H groups in total. The Balaban J connectivity index is 2.44. The molecular weight excluding hydrogens is 427 g/mol. The molecule has 0 bridgehead atoms. The first-order valence-electron chi connectivity index (χ1n) is 9.67. The Morgan fingerprint density at radius 1 is 1.23 bits per heavy atom. The number of thiazole rings is 1.